The lowest BCUT2D eigenvalue weighted by Gasteiger charge is -2.30. The van der Waals surface area contributed by atoms with Crippen LogP contribution in [0.3, 0.4) is 0 Å². The number of carbonyl (C=O) groups is 2. The summed E-state index contributed by atoms with van der Waals surface area (Å²) in [5.41, 5.74) is 1.66. The number of nitrogens with one attached hydrogen (secondary N) is 3. The van der Waals surface area contributed by atoms with E-state index in [2.05, 4.69) is 20.9 Å². The fourth-order valence-corrected chi connectivity index (χ4v) is 4.15. The van der Waals surface area contributed by atoms with Gasteiger partial charge in [-0.25, -0.2) is 4.79 Å². The Morgan fingerprint density at radius 2 is 1.50 bits per heavy atom. The first kappa shape index (κ1) is 25.1. The maximum absolute atomic E-state index is 13.2. The highest BCUT2D eigenvalue weighted by Gasteiger charge is 2.30. The van der Waals surface area contributed by atoms with E-state index in [0.29, 0.717) is 17.8 Å². The summed E-state index contributed by atoms with van der Waals surface area (Å²) >= 11 is 0. The molecule has 3 aromatic carbocycles. The molecule has 1 aliphatic heterocycles. The van der Waals surface area contributed by atoms with Crippen LogP contribution in [0.15, 0.2) is 72.8 Å². The van der Waals surface area contributed by atoms with Crippen LogP contribution in [0.25, 0.3) is 0 Å². The first-order valence-electron chi connectivity index (χ1n) is 11.8. The molecule has 0 saturated carbocycles. The van der Waals surface area contributed by atoms with Gasteiger partial charge in [0.15, 0.2) is 0 Å². The van der Waals surface area contributed by atoms with Gasteiger partial charge in [0.05, 0.1) is 11.1 Å². The summed E-state index contributed by atoms with van der Waals surface area (Å²) in [7, 11) is 0. The van der Waals surface area contributed by atoms with Crippen LogP contribution in [0.4, 0.5) is 35.0 Å². The predicted molar refractivity (Wildman–Crippen MR) is 134 cm³/mol. The first-order chi connectivity index (χ1) is 17.3. The molecule has 1 fully saturated rings. The van der Waals surface area contributed by atoms with E-state index in [1.807, 2.05) is 30.3 Å². The van der Waals surface area contributed by atoms with Gasteiger partial charge in [-0.2, -0.15) is 13.2 Å². The number of piperidine rings is 1. The van der Waals surface area contributed by atoms with E-state index in [1.54, 1.807) is 18.2 Å². The van der Waals surface area contributed by atoms with Crippen molar-refractivity contribution in [3.05, 3.63) is 89.5 Å². The van der Waals surface area contributed by atoms with E-state index < -0.39 is 17.8 Å². The minimum atomic E-state index is -4.51. The zero-order valence-electron chi connectivity index (χ0n) is 19.6. The number of hydrogen-bond donors (Lipinski definition) is 3. The summed E-state index contributed by atoms with van der Waals surface area (Å²) in [4.78, 5) is 27.8. The third-order valence-electron chi connectivity index (χ3n) is 5.94. The number of urea groups is 1. The number of carbonyl (C=O) groups excluding carboxylic acids is 2. The summed E-state index contributed by atoms with van der Waals surface area (Å²) in [5.74, 6) is -0.277. The van der Waals surface area contributed by atoms with Gasteiger partial charge in [0, 0.05) is 36.7 Å². The second-order valence-electron chi connectivity index (χ2n) is 8.61. The lowest BCUT2D eigenvalue weighted by atomic mass is 10.1. The largest absolute Gasteiger partial charge is 0.416 e. The molecule has 0 bridgehead atoms. The Balaban J connectivity index is 1.51. The van der Waals surface area contributed by atoms with Gasteiger partial charge in [-0.05, 0) is 61.2 Å². The normalized spacial score (nSPS) is 13.7. The van der Waals surface area contributed by atoms with Gasteiger partial charge < -0.3 is 20.9 Å². The molecule has 3 amide bonds. The molecule has 6 nitrogen and oxygen atoms in total. The standard InChI is InChI=1S/C27H27F3N4O2/c28-27(29,30)20-10-7-11-21(16-20)32-26(36)33-22-12-13-24(34-14-5-2-6-15-34)23(17-22)25(35)31-18-19-8-3-1-4-9-19/h1,3-4,7-13,16-17H,2,5-6,14-15,18H2,(H,31,35)(H2,32,33,36). The second-order valence-corrected chi connectivity index (χ2v) is 8.61. The summed E-state index contributed by atoms with van der Waals surface area (Å²) < 4.78 is 38.9. The minimum absolute atomic E-state index is 0.00749. The molecule has 188 valence electrons. The van der Waals surface area contributed by atoms with Gasteiger partial charge in [-0.1, -0.05) is 36.4 Å². The molecule has 0 unspecified atom stereocenters. The van der Waals surface area contributed by atoms with Crippen LogP contribution < -0.4 is 20.9 Å². The molecule has 3 aromatic rings. The maximum Gasteiger partial charge on any atom is 0.416 e. The van der Waals surface area contributed by atoms with Gasteiger partial charge in [0.1, 0.15) is 0 Å². The minimum Gasteiger partial charge on any atom is -0.371 e. The van der Waals surface area contributed by atoms with E-state index in [0.717, 1.165) is 55.7 Å². The second kappa shape index (κ2) is 11.2. The first-order valence-corrected chi connectivity index (χ1v) is 11.8. The van der Waals surface area contributed by atoms with E-state index in [9.17, 15) is 22.8 Å². The Labute approximate surface area is 207 Å². The topological polar surface area (TPSA) is 73.5 Å². The fourth-order valence-electron chi connectivity index (χ4n) is 4.15. The molecule has 1 heterocycles. The summed E-state index contributed by atoms with van der Waals surface area (Å²) in [6, 6.07) is 18.3. The molecule has 1 aliphatic rings. The Bertz CT molecular complexity index is 1210. The zero-order valence-corrected chi connectivity index (χ0v) is 19.6. The summed E-state index contributed by atoms with van der Waals surface area (Å²) in [6.45, 7) is 2.02. The highest BCUT2D eigenvalue weighted by Crippen LogP contribution is 2.31. The number of hydrogen-bond acceptors (Lipinski definition) is 3. The van der Waals surface area contributed by atoms with Crippen molar-refractivity contribution in [1.29, 1.82) is 0 Å². The molecule has 3 N–H and O–H groups in total. The number of alkyl halides is 3. The zero-order chi connectivity index (χ0) is 25.5. The molecule has 0 atom stereocenters. The van der Waals surface area contributed by atoms with E-state index in [-0.39, 0.29) is 11.6 Å². The Morgan fingerprint density at radius 3 is 2.19 bits per heavy atom. The fraction of sp³-hybridized carbons (Fsp3) is 0.259. The van der Waals surface area contributed by atoms with Crippen LogP contribution in [0.2, 0.25) is 0 Å². The monoisotopic (exact) mass is 496 g/mol. The van der Waals surface area contributed by atoms with Crippen molar-refractivity contribution < 1.29 is 22.8 Å². The molecule has 9 heteroatoms. The number of anilines is 3. The predicted octanol–water partition coefficient (Wildman–Crippen LogP) is 6.27. The van der Waals surface area contributed by atoms with E-state index in [1.165, 1.54) is 12.1 Å². The summed E-state index contributed by atoms with van der Waals surface area (Å²) in [6.07, 6.45) is -1.31. The SMILES string of the molecule is O=C(Nc1cccc(C(F)(F)F)c1)Nc1ccc(N2CCCCC2)c(C(=O)NCc2ccccc2)c1. The molecule has 0 aromatic heterocycles. The third kappa shape index (κ3) is 6.56. The lowest BCUT2D eigenvalue weighted by Crippen LogP contribution is -2.33. The van der Waals surface area contributed by atoms with Crippen LogP contribution in [0, 0.1) is 0 Å². The number of amides is 3. The van der Waals surface area contributed by atoms with E-state index in [4.69, 9.17) is 0 Å². The van der Waals surface area contributed by atoms with Gasteiger partial charge in [-0.15, -0.1) is 0 Å². The average molecular weight is 497 g/mol. The Hall–Kier alpha value is -4.01. The van der Waals surface area contributed by atoms with Crippen LogP contribution >= 0.6 is 0 Å². The molecular weight excluding hydrogens is 469 g/mol. The van der Waals surface area contributed by atoms with Crippen molar-refractivity contribution in [1.82, 2.24) is 5.32 Å². The van der Waals surface area contributed by atoms with Crippen molar-refractivity contribution >= 4 is 29.0 Å². The van der Waals surface area contributed by atoms with Crippen LogP contribution in [-0.2, 0) is 12.7 Å². The third-order valence-corrected chi connectivity index (χ3v) is 5.94. The number of rotatable bonds is 6. The lowest BCUT2D eigenvalue weighted by molar-refractivity contribution is -0.137. The number of nitrogens with zero attached hydrogens (tertiary/aromatic N) is 1. The van der Waals surface area contributed by atoms with Gasteiger partial charge in [0.25, 0.3) is 5.91 Å². The Kier molecular flexibility index (Phi) is 7.77. The van der Waals surface area contributed by atoms with Crippen molar-refractivity contribution in [3.63, 3.8) is 0 Å². The summed E-state index contributed by atoms with van der Waals surface area (Å²) in [5, 5.41) is 7.97. The van der Waals surface area contributed by atoms with Gasteiger partial charge in [0.2, 0.25) is 0 Å². The van der Waals surface area contributed by atoms with Crippen molar-refractivity contribution in [3.8, 4) is 0 Å². The molecule has 1 saturated heterocycles. The van der Waals surface area contributed by atoms with Crippen molar-refractivity contribution in [2.45, 2.75) is 32.0 Å². The molecule has 0 spiro atoms. The average Bonchev–Trinajstić information content (AvgIpc) is 2.88. The molecular formula is C27H27F3N4O2. The molecule has 0 aliphatic carbocycles. The highest BCUT2D eigenvalue weighted by molar-refractivity contribution is 6.04. The van der Waals surface area contributed by atoms with Crippen molar-refractivity contribution in [2.75, 3.05) is 28.6 Å². The number of halogens is 3. The highest BCUT2D eigenvalue weighted by atomic mass is 19.4. The molecule has 0 radical (unpaired) electrons. The Morgan fingerprint density at radius 1 is 0.806 bits per heavy atom. The smallest absolute Gasteiger partial charge is 0.371 e. The maximum atomic E-state index is 13.2. The molecule has 4 rings (SSSR count). The van der Waals surface area contributed by atoms with Gasteiger partial charge >= 0.3 is 12.2 Å². The van der Waals surface area contributed by atoms with Gasteiger partial charge in [-0.3, -0.25) is 4.79 Å². The molecule has 36 heavy (non-hydrogen) atoms. The van der Waals surface area contributed by atoms with Crippen LogP contribution in [-0.4, -0.2) is 25.0 Å². The van der Waals surface area contributed by atoms with E-state index >= 15 is 0 Å². The van der Waals surface area contributed by atoms with Crippen LogP contribution in [0.5, 0.6) is 0 Å². The van der Waals surface area contributed by atoms with Crippen molar-refractivity contribution in [2.24, 2.45) is 0 Å². The number of benzene rings is 3. The van der Waals surface area contributed by atoms with Crippen LogP contribution in [0.1, 0.15) is 40.7 Å². The quantitative estimate of drug-likeness (QED) is 0.377.